The zero-order chi connectivity index (χ0) is 13.9. The molecular weight excluding hydrogens is 274 g/mol. The molecule has 3 aromatic rings. The van der Waals surface area contributed by atoms with Crippen LogP contribution in [0.4, 0.5) is 5.69 Å². The van der Waals surface area contributed by atoms with Gasteiger partial charge < -0.3 is 15.0 Å². The number of ether oxygens (including phenoxy) is 1. The average Bonchev–Trinajstić information content (AvgIpc) is 3.06. The van der Waals surface area contributed by atoms with Crippen molar-refractivity contribution in [2.24, 2.45) is 0 Å². The molecule has 0 fully saturated rings. The van der Waals surface area contributed by atoms with Crippen molar-refractivity contribution >= 4 is 17.0 Å². The minimum atomic E-state index is 0.199. The van der Waals surface area contributed by atoms with Crippen molar-refractivity contribution in [3.8, 4) is 17.1 Å². The van der Waals surface area contributed by atoms with E-state index >= 15 is 0 Å². The van der Waals surface area contributed by atoms with Gasteiger partial charge in [-0.2, -0.15) is 16.3 Å². The first-order chi connectivity index (χ1) is 9.74. The Balaban J connectivity index is 1.72. The maximum atomic E-state index is 5.80. The van der Waals surface area contributed by atoms with E-state index in [1.54, 1.807) is 23.5 Å². The Morgan fingerprint density at radius 2 is 2.15 bits per heavy atom. The molecule has 0 aliphatic rings. The number of para-hydroxylation sites is 2. The van der Waals surface area contributed by atoms with Gasteiger partial charge in [0, 0.05) is 10.9 Å². The number of rotatable bonds is 4. The van der Waals surface area contributed by atoms with Gasteiger partial charge in [-0.3, -0.25) is 0 Å². The molecule has 0 aliphatic heterocycles. The first-order valence-electron chi connectivity index (χ1n) is 6.07. The summed E-state index contributed by atoms with van der Waals surface area (Å²) in [6.45, 7) is 2.22. The van der Waals surface area contributed by atoms with Crippen LogP contribution in [0.2, 0.25) is 0 Å². The van der Waals surface area contributed by atoms with Crippen molar-refractivity contribution in [2.75, 3.05) is 5.73 Å². The highest BCUT2D eigenvalue weighted by Gasteiger charge is 2.12. The average molecular weight is 287 g/mol. The normalized spacial score (nSPS) is 10.7. The van der Waals surface area contributed by atoms with Crippen LogP contribution in [0.25, 0.3) is 11.4 Å². The molecular formula is C14H13N3O2S. The lowest BCUT2D eigenvalue weighted by Gasteiger charge is -2.05. The smallest absolute Gasteiger partial charge is 0.264 e. The Labute approximate surface area is 120 Å². The van der Waals surface area contributed by atoms with Crippen molar-refractivity contribution in [1.82, 2.24) is 10.1 Å². The number of hydrogen-bond donors (Lipinski definition) is 1. The van der Waals surface area contributed by atoms with Gasteiger partial charge in [0.15, 0.2) is 6.61 Å². The Morgan fingerprint density at radius 3 is 2.90 bits per heavy atom. The fraction of sp³-hybridized carbons (Fsp3) is 0.143. The topological polar surface area (TPSA) is 74.2 Å². The Hall–Kier alpha value is -2.34. The lowest BCUT2D eigenvalue weighted by molar-refractivity contribution is 0.244. The minimum Gasteiger partial charge on any atom is -0.482 e. The highest BCUT2D eigenvalue weighted by molar-refractivity contribution is 7.08. The van der Waals surface area contributed by atoms with Crippen molar-refractivity contribution in [3.63, 3.8) is 0 Å². The summed E-state index contributed by atoms with van der Waals surface area (Å²) in [5, 5.41) is 8.01. The van der Waals surface area contributed by atoms with Gasteiger partial charge in [0.25, 0.3) is 5.89 Å². The van der Waals surface area contributed by atoms with Crippen LogP contribution < -0.4 is 10.5 Å². The van der Waals surface area contributed by atoms with E-state index in [-0.39, 0.29) is 6.61 Å². The number of aromatic nitrogens is 2. The minimum absolute atomic E-state index is 0.199. The van der Waals surface area contributed by atoms with E-state index in [4.69, 9.17) is 15.0 Å². The van der Waals surface area contributed by atoms with Crippen molar-refractivity contribution in [2.45, 2.75) is 13.5 Å². The van der Waals surface area contributed by atoms with Gasteiger partial charge in [-0.15, -0.1) is 0 Å². The van der Waals surface area contributed by atoms with E-state index in [1.165, 1.54) is 0 Å². The first kappa shape index (κ1) is 12.7. The van der Waals surface area contributed by atoms with Crippen LogP contribution in [0, 0.1) is 6.92 Å². The number of nitrogens with zero attached hydrogens (tertiary/aromatic N) is 2. The lowest BCUT2D eigenvalue weighted by atomic mass is 10.2. The SMILES string of the molecule is Cc1cscc1-c1noc(COc2ccccc2N)n1. The van der Waals surface area contributed by atoms with Gasteiger partial charge in [-0.05, 0) is 30.0 Å². The molecule has 2 N–H and O–H groups in total. The van der Waals surface area contributed by atoms with E-state index in [9.17, 15) is 0 Å². The summed E-state index contributed by atoms with van der Waals surface area (Å²) in [5.74, 6) is 1.62. The van der Waals surface area contributed by atoms with Gasteiger partial charge in [-0.25, -0.2) is 0 Å². The van der Waals surface area contributed by atoms with Crippen molar-refractivity contribution in [1.29, 1.82) is 0 Å². The molecule has 3 rings (SSSR count). The summed E-state index contributed by atoms with van der Waals surface area (Å²) >= 11 is 1.61. The second-order valence-corrected chi connectivity index (χ2v) is 5.05. The first-order valence-corrected chi connectivity index (χ1v) is 7.01. The van der Waals surface area contributed by atoms with Crippen molar-refractivity contribution in [3.05, 3.63) is 46.5 Å². The highest BCUT2D eigenvalue weighted by Crippen LogP contribution is 2.25. The molecule has 0 spiro atoms. The molecule has 102 valence electrons. The fourth-order valence-electron chi connectivity index (χ4n) is 1.76. The molecule has 2 aromatic heterocycles. The van der Waals surface area contributed by atoms with Crippen LogP contribution in [0.3, 0.4) is 0 Å². The number of nitrogen functional groups attached to an aromatic ring is 1. The molecule has 20 heavy (non-hydrogen) atoms. The number of anilines is 1. The number of hydrogen-bond acceptors (Lipinski definition) is 6. The third-order valence-corrected chi connectivity index (χ3v) is 3.70. The third-order valence-electron chi connectivity index (χ3n) is 2.83. The number of aryl methyl sites for hydroxylation is 1. The van der Waals surface area contributed by atoms with Gasteiger partial charge in [0.05, 0.1) is 5.69 Å². The molecule has 0 unspecified atom stereocenters. The fourth-order valence-corrected chi connectivity index (χ4v) is 2.59. The van der Waals surface area contributed by atoms with Crippen molar-refractivity contribution < 1.29 is 9.26 Å². The second kappa shape index (κ2) is 5.34. The van der Waals surface area contributed by atoms with E-state index in [0.717, 1.165) is 11.1 Å². The predicted molar refractivity (Wildman–Crippen MR) is 77.5 cm³/mol. The molecule has 0 saturated carbocycles. The Morgan fingerprint density at radius 1 is 1.30 bits per heavy atom. The summed E-state index contributed by atoms with van der Waals surface area (Å²) in [5.41, 5.74) is 8.51. The molecule has 1 aromatic carbocycles. The Bertz CT molecular complexity index is 721. The maximum absolute atomic E-state index is 5.80. The number of thiophene rings is 1. The van der Waals surface area contributed by atoms with Gasteiger partial charge >= 0.3 is 0 Å². The predicted octanol–water partition coefficient (Wildman–Crippen LogP) is 3.27. The monoisotopic (exact) mass is 287 g/mol. The zero-order valence-electron chi connectivity index (χ0n) is 10.9. The largest absolute Gasteiger partial charge is 0.482 e. The van der Waals surface area contributed by atoms with Gasteiger partial charge in [-0.1, -0.05) is 17.3 Å². The van der Waals surface area contributed by atoms with E-state index < -0.39 is 0 Å². The van der Waals surface area contributed by atoms with Crippen LogP contribution in [0.1, 0.15) is 11.5 Å². The summed E-state index contributed by atoms with van der Waals surface area (Å²) in [6.07, 6.45) is 0. The molecule has 0 aliphatic carbocycles. The standard InChI is InChI=1S/C14H13N3O2S/c1-9-7-20-8-10(9)14-16-13(19-17-14)6-18-12-5-3-2-4-11(12)15/h2-5,7-8H,6,15H2,1H3. The summed E-state index contributed by atoms with van der Waals surface area (Å²) < 4.78 is 10.7. The molecule has 0 amide bonds. The van der Waals surface area contributed by atoms with Crippen LogP contribution in [-0.4, -0.2) is 10.1 Å². The highest BCUT2D eigenvalue weighted by atomic mass is 32.1. The van der Waals surface area contributed by atoms with Crippen LogP contribution in [0.5, 0.6) is 5.75 Å². The van der Waals surface area contributed by atoms with Gasteiger partial charge in [0.2, 0.25) is 5.82 Å². The van der Waals surface area contributed by atoms with Crippen LogP contribution in [-0.2, 0) is 6.61 Å². The molecule has 0 bridgehead atoms. The maximum Gasteiger partial charge on any atom is 0.264 e. The quantitative estimate of drug-likeness (QED) is 0.745. The number of benzene rings is 1. The molecule has 2 heterocycles. The summed E-state index contributed by atoms with van der Waals surface area (Å²) in [6, 6.07) is 7.30. The van der Waals surface area contributed by atoms with Crippen LogP contribution >= 0.6 is 11.3 Å². The molecule has 0 atom stereocenters. The lowest BCUT2D eigenvalue weighted by Crippen LogP contribution is -1.98. The zero-order valence-corrected chi connectivity index (χ0v) is 11.7. The third kappa shape index (κ3) is 2.50. The molecule has 5 nitrogen and oxygen atoms in total. The Kier molecular flexibility index (Phi) is 3.39. The molecule has 0 radical (unpaired) electrons. The molecule has 6 heteroatoms. The second-order valence-electron chi connectivity index (χ2n) is 4.31. The van der Waals surface area contributed by atoms with E-state index in [1.807, 2.05) is 29.8 Å². The molecule has 0 saturated heterocycles. The van der Waals surface area contributed by atoms with Gasteiger partial charge in [0.1, 0.15) is 5.75 Å². The van der Waals surface area contributed by atoms with E-state index in [2.05, 4.69) is 10.1 Å². The van der Waals surface area contributed by atoms with Crippen LogP contribution in [0.15, 0.2) is 39.5 Å². The summed E-state index contributed by atoms with van der Waals surface area (Å²) in [4.78, 5) is 4.32. The van der Waals surface area contributed by atoms with E-state index in [0.29, 0.717) is 23.2 Å². The summed E-state index contributed by atoms with van der Waals surface area (Å²) in [7, 11) is 0. The number of nitrogens with two attached hydrogens (primary N) is 1.